The highest BCUT2D eigenvalue weighted by molar-refractivity contribution is 7.98. The number of carboxylic acid groups (broad SMARTS) is 1. The van der Waals surface area contributed by atoms with E-state index in [1.807, 2.05) is 5.43 Å². The fourth-order valence-electron chi connectivity index (χ4n) is 0.872. The summed E-state index contributed by atoms with van der Waals surface area (Å²) < 4.78 is 35.5. The summed E-state index contributed by atoms with van der Waals surface area (Å²) >= 11 is 1.11. The van der Waals surface area contributed by atoms with Gasteiger partial charge in [0.1, 0.15) is 11.8 Å². The number of anilines is 1. The van der Waals surface area contributed by atoms with Crippen LogP contribution in [0.2, 0.25) is 0 Å². The van der Waals surface area contributed by atoms with Crippen molar-refractivity contribution < 1.29 is 23.1 Å². The number of rotatable bonds is 4. The van der Waals surface area contributed by atoms with Crippen molar-refractivity contribution in [2.45, 2.75) is 11.3 Å². The Hall–Kier alpha value is -1.84. The third kappa shape index (κ3) is 4.20. The number of thioether (sulfide) groups is 1. The fraction of sp³-hybridized carbons (Fsp3) is 0.250. The number of nitrogens with one attached hydrogen (secondary N) is 1. The van der Waals surface area contributed by atoms with Crippen LogP contribution in [0.3, 0.4) is 0 Å². The number of aromatic nitrogens is 2. The number of carbonyl (C=O) groups is 1. The third-order valence-corrected chi connectivity index (χ3v) is 2.12. The summed E-state index contributed by atoms with van der Waals surface area (Å²) in [5.74, 6) is -1.67. The van der Waals surface area contributed by atoms with E-state index in [1.165, 1.54) is 0 Å². The van der Waals surface area contributed by atoms with Gasteiger partial charge in [0.25, 0.3) is 0 Å². The summed E-state index contributed by atoms with van der Waals surface area (Å²) in [5.41, 5.74) is 1.56. The summed E-state index contributed by atoms with van der Waals surface area (Å²) in [4.78, 5) is 18.2. The summed E-state index contributed by atoms with van der Waals surface area (Å²) in [5, 5.41) is 11.9. The number of hydrazone groups is 1. The van der Waals surface area contributed by atoms with Gasteiger partial charge in [-0.3, -0.25) is 5.43 Å². The highest BCUT2D eigenvalue weighted by Gasteiger charge is 2.24. The molecule has 0 saturated heterocycles. The summed E-state index contributed by atoms with van der Waals surface area (Å²) in [6.45, 7) is 0. The molecule has 6 nitrogen and oxygen atoms in total. The Morgan fingerprint density at radius 1 is 1.61 bits per heavy atom. The van der Waals surface area contributed by atoms with E-state index in [-0.39, 0.29) is 22.8 Å². The first-order valence-electron chi connectivity index (χ1n) is 4.35. The minimum absolute atomic E-state index is 0.213. The first-order valence-corrected chi connectivity index (χ1v) is 5.57. The van der Waals surface area contributed by atoms with Crippen molar-refractivity contribution in [3.8, 4) is 0 Å². The molecule has 0 aliphatic rings. The van der Waals surface area contributed by atoms with E-state index in [2.05, 4.69) is 15.1 Å². The van der Waals surface area contributed by atoms with E-state index in [0.717, 1.165) is 18.0 Å². The van der Waals surface area contributed by atoms with Crippen LogP contribution in [0.4, 0.5) is 19.0 Å². The molecular weight excluding hydrogens is 273 g/mol. The highest BCUT2D eigenvalue weighted by Crippen LogP contribution is 2.17. The molecule has 0 aromatic carbocycles. The van der Waals surface area contributed by atoms with Crippen molar-refractivity contribution in [2.75, 3.05) is 11.7 Å². The highest BCUT2D eigenvalue weighted by atomic mass is 32.2. The lowest BCUT2D eigenvalue weighted by Crippen LogP contribution is -2.12. The molecule has 0 atom stereocenters. The molecule has 1 aromatic heterocycles. The minimum Gasteiger partial charge on any atom is -0.477 e. The van der Waals surface area contributed by atoms with Gasteiger partial charge in [0.15, 0.2) is 11.0 Å². The Morgan fingerprint density at radius 2 is 2.28 bits per heavy atom. The standard InChI is InChI=1S/C8H7F3N4O2S/c1-18-7-12-2-4(6(16)17)5(14-7)15-13-3-8(9,10)11/h2-3H,1H3,(H,16,17)(H,12,14,15). The molecular formula is C8H7F3N4O2S. The molecule has 1 heterocycles. The maximum Gasteiger partial charge on any atom is 0.428 e. The predicted octanol–water partition coefficient (Wildman–Crippen LogP) is 1.86. The summed E-state index contributed by atoms with van der Waals surface area (Å²) in [6.07, 6.45) is -2.27. The maximum absolute atomic E-state index is 11.8. The van der Waals surface area contributed by atoms with Crippen LogP contribution in [0.5, 0.6) is 0 Å². The van der Waals surface area contributed by atoms with Crippen LogP contribution in [0.1, 0.15) is 10.4 Å². The molecule has 1 rings (SSSR count). The number of halogens is 3. The van der Waals surface area contributed by atoms with Gasteiger partial charge >= 0.3 is 12.1 Å². The number of carboxylic acids is 1. The van der Waals surface area contributed by atoms with Gasteiger partial charge in [0, 0.05) is 6.20 Å². The molecule has 0 fully saturated rings. The quantitative estimate of drug-likeness (QED) is 0.379. The second kappa shape index (κ2) is 5.67. The van der Waals surface area contributed by atoms with Crippen LogP contribution >= 0.6 is 11.8 Å². The maximum atomic E-state index is 11.8. The minimum atomic E-state index is -4.59. The molecule has 18 heavy (non-hydrogen) atoms. The molecule has 0 aliphatic carbocycles. The number of aromatic carboxylic acids is 1. The van der Waals surface area contributed by atoms with Crippen molar-refractivity contribution in [3.05, 3.63) is 11.8 Å². The number of nitrogens with zero attached hydrogens (tertiary/aromatic N) is 3. The second-order valence-electron chi connectivity index (χ2n) is 2.84. The van der Waals surface area contributed by atoms with Crippen LogP contribution in [0.15, 0.2) is 16.5 Å². The molecule has 0 amide bonds. The first-order chi connectivity index (χ1) is 8.33. The molecule has 0 radical (unpaired) electrons. The van der Waals surface area contributed by atoms with Crippen molar-refractivity contribution in [3.63, 3.8) is 0 Å². The number of hydrogen-bond donors (Lipinski definition) is 2. The molecule has 1 aromatic rings. The third-order valence-electron chi connectivity index (χ3n) is 1.56. The van der Waals surface area contributed by atoms with Gasteiger partial charge < -0.3 is 5.11 Å². The molecule has 10 heteroatoms. The molecule has 0 aliphatic heterocycles. The average Bonchev–Trinajstić information content (AvgIpc) is 2.26. The Kier molecular flexibility index (Phi) is 4.48. The van der Waals surface area contributed by atoms with E-state index in [1.54, 1.807) is 6.26 Å². The molecule has 0 unspecified atom stereocenters. The van der Waals surface area contributed by atoms with Crippen molar-refractivity contribution >= 4 is 29.8 Å². The number of hydrogen-bond acceptors (Lipinski definition) is 6. The van der Waals surface area contributed by atoms with Gasteiger partial charge in [-0.1, -0.05) is 11.8 Å². The summed E-state index contributed by atoms with van der Waals surface area (Å²) in [6, 6.07) is 0. The second-order valence-corrected chi connectivity index (χ2v) is 3.61. The van der Waals surface area contributed by atoms with E-state index in [0.29, 0.717) is 0 Å². The fourth-order valence-corrected chi connectivity index (χ4v) is 1.21. The van der Waals surface area contributed by atoms with Gasteiger partial charge in [-0.05, 0) is 6.26 Å². The lowest BCUT2D eigenvalue weighted by molar-refractivity contribution is -0.0536. The zero-order chi connectivity index (χ0) is 13.8. The van der Waals surface area contributed by atoms with Crippen LogP contribution in [0, 0.1) is 0 Å². The van der Waals surface area contributed by atoms with Crippen molar-refractivity contribution in [1.82, 2.24) is 9.97 Å². The number of alkyl halides is 3. The normalized spacial score (nSPS) is 11.8. The topological polar surface area (TPSA) is 87.5 Å². The molecule has 0 spiro atoms. The van der Waals surface area contributed by atoms with Crippen molar-refractivity contribution in [2.24, 2.45) is 5.10 Å². The SMILES string of the molecule is CSc1ncc(C(=O)O)c(NN=CC(F)(F)F)n1. The van der Waals surface area contributed by atoms with Crippen LogP contribution in [0.25, 0.3) is 0 Å². The summed E-state index contributed by atoms with van der Waals surface area (Å²) in [7, 11) is 0. The van der Waals surface area contributed by atoms with Gasteiger partial charge in [-0.25, -0.2) is 14.8 Å². The average molecular weight is 280 g/mol. The smallest absolute Gasteiger partial charge is 0.428 e. The largest absolute Gasteiger partial charge is 0.477 e. The lowest BCUT2D eigenvalue weighted by atomic mass is 10.3. The predicted molar refractivity (Wildman–Crippen MR) is 58.9 cm³/mol. The van der Waals surface area contributed by atoms with Gasteiger partial charge in [-0.2, -0.15) is 18.3 Å². The van der Waals surface area contributed by atoms with E-state index in [9.17, 15) is 18.0 Å². The van der Waals surface area contributed by atoms with E-state index < -0.39 is 12.1 Å². The zero-order valence-electron chi connectivity index (χ0n) is 8.89. The molecule has 98 valence electrons. The Bertz CT molecular complexity index is 478. The first kappa shape index (κ1) is 14.2. The van der Waals surface area contributed by atoms with Gasteiger partial charge in [0.2, 0.25) is 0 Å². The Morgan fingerprint density at radius 3 is 2.78 bits per heavy atom. The Balaban J connectivity index is 2.98. The van der Waals surface area contributed by atoms with E-state index in [4.69, 9.17) is 5.11 Å². The van der Waals surface area contributed by atoms with Crippen LogP contribution in [-0.2, 0) is 0 Å². The van der Waals surface area contributed by atoms with Gasteiger partial charge in [-0.15, -0.1) is 0 Å². The van der Waals surface area contributed by atoms with E-state index >= 15 is 0 Å². The van der Waals surface area contributed by atoms with Crippen LogP contribution < -0.4 is 5.43 Å². The monoisotopic (exact) mass is 280 g/mol. The Labute approximate surface area is 103 Å². The molecule has 2 N–H and O–H groups in total. The van der Waals surface area contributed by atoms with Gasteiger partial charge in [0.05, 0.1) is 0 Å². The van der Waals surface area contributed by atoms with Crippen molar-refractivity contribution in [1.29, 1.82) is 0 Å². The van der Waals surface area contributed by atoms with Crippen LogP contribution in [-0.4, -0.2) is 39.7 Å². The molecule has 0 bridgehead atoms. The molecule has 0 saturated carbocycles. The zero-order valence-corrected chi connectivity index (χ0v) is 9.71. The lowest BCUT2D eigenvalue weighted by Gasteiger charge is -2.05.